The fourth-order valence-electron chi connectivity index (χ4n) is 1.90. The summed E-state index contributed by atoms with van der Waals surface area (Å²) in [5, 5.41) is 9.39. The van der Waals surface area contributed by atoms with E-state index in [4.69, 9.17) is 39.5 Å². The maximum atomic E-state index is 12.0. The summed E-state index contributed by atoms with van der Waals surface area (Å²) in [4.78, 5) is 28.2. The number of anilines is 1. The summed E-state index contributed by atoms with van der Waals surface area (Å²) in [6, 6.07) is 4.74. The van der Waals surface area contributed by atoms with Gasteiger partial charge in [-0.05, 0) is 23.6 Å². The van der Waals surface area contributed by atoms with Crippen LogP contribution in [0.2, 0.25) is 15.1 Å². The molecule has 0 saturated heterocycles. The second-order valence-electron chi connectivity index (χ2n) is 4.92. The predicted molar refractivity (Wildman–Crippen MR) is 106 cm³/mol. The van der Waals surface area contributed by atoms with Crippen molar-refractivity contribution in [3.8, 4) is 10.6 Å². The number of thiophene rings is 1. The number of hydrogen-bond acceptors (Lipinski definition) is 6. The van der Waals surface area contributed by atoms with E-state index in [-0.39, 0.29) is 26.4 Å². The highest BCUT2D eigenvalue weighted by molar-refractivity contribution is 7.14. The third kappa shape index (κ3) is 4.55. The summed E-state index contributed by atoms with van der Waals surface area (Å²) in [5.41, 5.74) is 1.36. The van der Waals surface area contributed by atoms with Crippen molar-refractivity contribution in [3.63, 3.8) is 0 Å². The third-order valence-corrected chi connectivity index (χ3v) is 5.71. The van der Waals surface area contributed by atoms with E-state index in [2.05, 4.69) is 10.3 Å². The van der Waals surface area contributed by atoms with E-state index in [1.54, 1.807) is 5.38 Å². The number of benzene rings is 1. The topological polar surface area (TPSA) is 68.3 Å². The first kappa shape index (κ1) is 19.1. The van der Waals surface area contributed by atoms with Crippen molar-refractivity contribution >= 4 is 75.0 Å². The second kappa shape index (κ2) is 8.37. The second-order valence-corrected chi connectivity index (χ2v) is 7.78. The molecule has 10 heteroatoms. The standard InChI is InChI=1S/C16H9Cl3N2O3S2/c17-9-3-11(19)12(4-10(9)18)20-14(22)5-24-16(23)13-7-26-15(21-13)8-1-2-25-6-8/h1-4,6-7H,5H2,(H,20,22). The third-order valence-electron chi connectivity index (χ3n) is 3.10. The maximum absolute atomic E-state index is 12.0. The molecule has 5 nitrogen and oxygen atoms in total. The van der Waals surface area contributed by atoms with Crippen LogP contribution in [-0.2, 0) is 9.53 Å². The van der Waals surface area contributed by atoms with Gasteiger partial charge in [0.2, 0.25) is 0 Å². The molecule has 2 heterocycles. The van der Waals surface area contributed by atoms with E-state index < -0.39 is 18.5 Å². The molecule has 0 atom stereocenters. The molecule has 0 unspecified atom stereocenters. The Morgan fingerprint density at radius 2 is 1.88 bits per heavy atom. The minimum Gasteiger partial charge on any atom is -0.451 e. The monoisotopic (exact) mass is 446 g/mol. The lowest BCUT2D eigenvalue weighted by Crippen LogP contribution is -2.21. The number of carbonyl (C=O) groups is 2. The first-order valence-corrected chi connectivity index (χ1v) is 9.99. The maximum Gasteiger partial charge on any atom is 0.358 e. The number of thiazole rings is 1. The molecule has 1 N–H and O–H groups in total. The molecule has 0 bridgehead atoms. The van der Waals surface area contributed by atoms with Crippen LogP contribution in [0.25, 0.3) is 10.6 Å². The normalized spacial score (nSPS) is 10.6. The Bertz CT molecular complexity index is 958. The molecule has 0 spiro atoms. The van der Waals surface area contributed by atoms with Crippen LogP contribution in [0.5, 0.6) is 0 Å². The van der Waals surface area contributed by atoms with E-state index in [1.165, 1.54) is 34.8 Å². The van der Waals surface area contributed by atoms with Crippen molar-refractivity contribution in [2.75, 3.05) is 11.9 Å². The number of halogens is 3. The first-order valence-electron chi connectivity index (χ1n) is 7.03. The Hall–Kier alpha value is -1.64. The number of nitrogens with zero attached hydrogens (tertiary/aromatic N) is 1. The van der Waals surface area contributed by atoms with Gasteiger partial charge in [-0.2, -0.15) is 11.3 Å². The van der Waals surface area contributed by atoms with Crippen LogP contribution in [0.4, 0.5) is 5.69 Å². The van der Waals surface area contributed by atoms with E-state index in [0.717, 1.165) is 5.56 Å². The molecule has 0 fully saturated rings. The predicted octanol–water partition coefficient (Wildman–Crippen LogP) is 5.63. The smallest absolute Gasteiger partial charge is 0.358 e. The van der Waals surface area contributed by atoms with Gasteiger partial charge in [0.25, 0.3) is 5.91 Å². The van der Waals surface area contributed by atoms with Crippen LogP contribution in [-0.4, -0.2) is 23.5 Å². The van der Waals surface area contributed by atoms with E-state index in [1.807, 2.05) is 16.8 Å². The highest BCUT2D eigenvalue weighted by atomic mass is 35.5. The van der Waals surface area contributed by atoms with Crippen LogP contribution in [0, 0.1) is 0 Å². The zero-order chi connectivity index (χ0) is 18.7. The average molecular weight is 448 g/mol. The number of aromatic nitrogens is 1. The molecule has 0 radical (unpaired) electrons. The van der Waals surface area contributed by atoms with E-state index in [9.17, 15) is 9.59 Å². The van der Waals surface area contributed by atoms with E-state index >= 15 is 0 Å². The summed E-state index contributed by atoms with van der Waals surface area (Å²) >= 11 is 20.6. The zero-order valence-electron chi connectivity index (χ0n) is 12.8. The van der Waals surface area contributed by atoms with Gasteiger partial charge >= 0.3 is 5.97 Å². The minimum absolute atomic E-state index is 0.150. The summed E-state index contributed by atoms with van der Waals surface area (Å²) in [6.07, 6.45) is 0. The molecule has 134 valence electrons. The largest absolute Gasteiger partial charge is 0.451 e. The Kier molecular flexibility index (Phi) is 6.16. The number of rotatable bonds is 5. The highest BCUT2D eigenvalue weighted by Gasteiger charge is 2.16. The lowest BCUT2D eigenvalue weighted by molar-refractivity contribution is -0.119. The van der Waals surface area contributed by atoms with Crippen LogP contribution in [0.15, 0.2) is 34.3 Å². The van der Waals surface area contributed by atoms with Gasteiger partial charge < -0.3 is 10.1 Å². The van der Waals surface area contributed by atoms with Crippen molar-refractivity contribution in [2.45, 2.75) is 0 Å². The molecule has 3 aromatic rings. The molecule has 0 aliphatic heterocycles. The molecule has 26 heavy (non-hydrogen) atoms. The van der Waals surface area contributed by atoms with Crippen molar-refractivity contribution in [1.29, 1.82) is 0 Å². The van der Waals surface area contributed by atoms with Gasteiger partial charge in [-0.3, -0.25) is 4.79 Å². The van der Waals surface area contributed by atoms with Crippen molar-refractivity contribution in [3.05, 3.63) is 55.1 Å². The molecular weight excluding hydrogens is 439 g/mol. The lowest BCUT2D eigenvalue weighted by atomic mass is 10.3. The zero-order valence-corrected chi connectivity index (χ0v) is 16.7. The number of esters is 1. The van der Waals surface area contributed by atoms with Gasteiger partial charge in [-0.1, -0.05) is 34.8 Å². The van der Waals surface area contributed by atoms with Gasteiger partial charge in [0.05, 0.1) is 20.8 Å². The first-order chi connectivity index (χ1) is 12.4. The highest BCUT2D eigenvalue weighted by Crippen LogP contribution is 2.32. The Balaban J connectivity index is 1.58. The average Bonchev–Trinajstić information content (AvgIpc) is 3.28. The molecule has 0 aliphatic rings. The van der Waals surface area contributed by atoms with Crippen LogP contribution in [0.3, 0.4) is 0 Å². The molecule has 1 amide bonds. The SMILES string of the molecule is O=C(COC(=O)c1csc(-c2ccsc2)n1)Nc1cc(Cl)c(Cl)cc1Cl. The molecular formula is C16H9Cl3N2O3S2. The number of hydrogen-bond donors (Lipinski definition) is 1. The number of amides is 1. The van der Waals surface area contributed by atoms with Gasteiger partial charge in [-0.25, -0.2) is 9.78 Å². The fraction of sp³-hybridized carbons (Fsp3) is 0.0625. The lowest BCUT2D eigenvalue weighted by Gasteiger charge is -2.09. The van der Waals surface area contributed by atoms with Crippen LogP contribution in [0.1, 0.15) is 10.5 Å². The van der Waals surface area contributed by atoms with Crippen molar-refractivity contribution in [2.24, 2.45) is 0 Å². The molecule has 0 saturated carbocycles. The van der Waals surface area contributed by atoms with Crippen molar-refractivity contribution < 1.29 is 14.3 Å². The van der Waals surface area contributed by atoms with Gasteiger partial charge in [0.15, 0.2) is 12.3 Å². The molecule has 2 aromatic heterocycles. The van der Waals surface area contributed by atoms with Crippen molar-refractivity contribution in [1.82, 2.24) is 4.98 Å². The summed E-state index contributed by atoms with van der Waals surface area (Å²) < 4.78 is 4.98. The Morgan fingerprint density at radius 1 is 1.12 bits per heavy atom. The molecule has 3 rings (SSSR count). The number of nitrogens with one attached hydrogen (secondary N) is 1. The summed E-state index contributed by atoms with van der Waals surface area (Å²) in [6.45, 7) is -0.485. The number of carbonyl (C=O) groups excluding carboxylic acids is 2. The summed E-state index contributed by atoms with van der Waals surface area (Å²) in [7, 11) is 0. The Labute approximate surface area is 171 Å². The number of ether oxygens (including phenoxy) is 1. The Morgan fingerprint density at radius 3 is 2.62 bits per heavy atom. The minimum atomic E-state index is -0.682. The molecule has 0 aliphatic carbocycles. The fourth-order valence-corrected chi connectivity index (χ4v) is 3.99. The summed E-state index contributed by atoms with van der Waals surface area (Å²) in [5.74, 6) is -1.25. The van der Waals surface area contributed by atoms with Gasteiger partial charge in [0, 0.05) is 16.3 Å². The van der Waals surface area contributed by atoms with Crippen LogP contribution < -0.4 is 5.32 Å². The quantitative estimate of drug-likeness (QED) is 0.407. The van der Waals surface area contributed by atoms with Gasteiger partial charge in [-0.15, -0.1) is 11.3 Å². The van der Waals surface area contributed by atoms with E-state index in [0.29, 0.717) is 5.01 Å². The van der Waals surface area contributed by atoms with Crippen LogP contribution >= 0.6 is 57.5 Å². The molecule has 1 aromatic carbocycles. The van der Waals surface area contributed by atoms with Gasteiger partial charge in [0.1, 0.15) is 5.01 Å².